The van der Waals surface area contributed by atoms with Gasteiger partial charge in [0.25, 0.3) is 0 Å². The van der Waals surface area contributed by atoms with E-state index in [1.54, 1.807) is 0 Å². The Morgan fingerprint density at radius 1 is 0.409 bits per heavy atom. The summed E-state index contributed by atoms with van der Waals surface area (Å²) >= 11 is 0. The zero-order chi connectivity index (χ0) is 32.2. The highest BCUT2D eigenvalue weighted by Gasteiger charge is 2.07. The SMILES string of the molecule is CCCCCCCCCCCCCCCCCC(=O)NCCCC[C@@H](C)NC(=O)CCCCCCCCCCCCCCC. The van der Waals surface area contributed by atoms with E-state index in [1.165, 1.54) is 167 Å². The van der Waals surface area contributed by atoms with Crippen LogP contribution in [0.15, 0.2) is 0 Å². The number of hydrogen-bond donors (Lipinski definition) is 2. The van der Waals surface area contributed by atoms with Crippen molar-refractivity contribution in [1.82, 2.24) is 10.6 Å². The fraction of sp³-hybridized carbons (Fsp3) is 0.950. The smallest absolute Gasteiger partial charge is 0.220 e. The lowest BCUT2D eigenvalue weighted by Gasteiger charge is -2.14. The van der Waals surface area contributed by atoms with Gasteiger partial charge in [0.2, 0.25) is 11.8 Å². The maximum Gasteiger partial charge on any atom is 0.220 e. The maximum absolute atomic E-state index is 12.2. The Kier molecular flexibility index (Phi) is 35.5. The molecule has 0 saturated carbocycles. The molecule has 2 amide bonds. The van der Waals surface area contributed by atoms with Gasteiger partial charge < -0.3 is 10.6 Å². The minimum absolute atomic E-state index is 0.206. The molecule has 0 fully saturated rings. The fourth-order valence-electron chi connectivity index (χ4n) is 6.27. The molecule has 0 heterocycles. The summed E-state index contributed by atoms with van der Waals surface area (Å²) in [7, 11) is 0. The summed E-state index contributed by atoms with van der Waals surface area (Å²) in [5.41, 5.74) is 0. The Hall–Kier alpha value is -1.06. The van der Waals surface area contributed by atoms with Crippen LogP contribution in [0.2, 0.25) is 0 Å². The Morgan fingerprint density at radius 3 is 1.09 bits per heavy atom. The molecule has 0 bridgehead atoms. The van der Waals surface area contributed by atoms with Gasteiger partial charge in [0.15, 0.2) is 0 Å². The van der Waals surface area contributed by atoms with Gasteiger partial charge in [-0.05, 0) is 39.0 Å². The average molecular weight is 621 g/mol. The van der Waals surface area contributed by atoms with Gasteiger partial charge in [0, 0.05) is 25.4 Å². The molecule has 0 aliphatic rings. The van der Waals surface area contributed by atoms with E-state index in [4.69, 9.17) is 0 Å². The molecule has 0 aromatic heterocycles. The van der Waals surface area contributed by atoms with Crippen molar-refractivity contribution in [3.05, 3.63) is 0 Å². The highest BCUT2D eigenvalue weighted by molar-refractivity contribution is 5.76. The van der Waals surface area contributed by atoms with Crippen molar-refractivity contribution in [1.29, 1.82) is 0 Å². The van der Waals surface area contributed by atoms with E-state index in [0.29, 0.717) is 12.8 Å². The van der Waals surface area contributed by atoms with Crippen LogP contribution >= 0.6 is 0 Å². The van der Waals surface area contributed by atoms with Gasteiger partial charge in [-0.25, -0.2) is 0 Å². The van der Waals surface area contributed by atoms with Crippen LogP contribution in [-0.2, 0) is 9.59 Å². The highest BCUT2D eigenvalue weighted by atomic mass is 16.2. The molecular weight excluding hydrogens is 540 g/mol. The van der Waals surface area contributed by atoms with Crippen molar-refractivity contribution < 1.29 is 9.59 Å². The third-order valence-corrected chi connectivity index (χ3v) is 9.31. The van der Waals surface area contributed by atoms with Crippen LogP contribution in [-0.4, -0.2) is 24.4 Å². The standard InChI is InChI=1S/C40H80N2O2/c1-4-6-8-10-12-14-16-18-19-21-22-24-26-28-30-35-39(43)41-37-33-32-34-38(3)42-40(44)36-31-29-27-25-23-20-17-15-13-11-9-7-5-2/h38H,4-37H2,1-3H3,(H,41,43)(H,42,44)/t38-/m1/s1. The molecule has 0 saturated heterocycles. The van der Waals surface area contributed by atoms with E-state index < -0.39 is 0 Å². The summed E-state index contributed by atoms with van der Waals surface area (Å²) in [4.78, 5) is 24.4. The highest BCUT2D eigenvalue weighted by Crippen LogP contribution is 2.15. The molecule has 44 heavy (non-hydrogen) atoms. The number of rotatable bonds is 36. The lowest BCUT2D eigenvalue weighted by Crippen LogP contribution is -2.32. The van der Waals surface area contributed by atoms with Crippen LogP contribution in [0.25, 0.3) is 0 Å². The molecule has 0 aromatic rings. The minimum atomic E-state index is 0.206. The molecule has 4 heteroatoms. The summed E-state index contributed by atoms with van der Waals surface area (Å²) in [6, 6.07) is 0.223. The Balaban J connectivity index is 3.36. The first-order valence-electron chi connectivity index (χ1n) is 20.2. The Labute approximate surface area is 276 Å². The molecule has 0 radical (unpaired) electrons. The molecule has 0 rings (SSSR count). The summed E-state index contributed by atoms with van der Waals surface area (Å²) in [5, 5.41) is 6.26. The zero-order valence-corrected chi connectivity index (χ0v) is 30.4. The second kappa shape index (κ2) is 36.4. The molecule has 1 atom stereocenters. The van der Waals surface area contributed by atoms with Gasteiger partial charge >= 0.3 is 0 Å². The van der Waals surface area contributed by atoms with Gasteiger partial charge in [-0.2, -0.15) is 0 Å². The lowest BCUT2D eigenvalue weighted by molar-refractivity contribution is -0.122. The summed E-state index contributed by atoms with van der Waals surface area (Å²) in [5.74, 6) is 0.413. The van der Waals surface area contributed by atoms with Gasteiger partial charge in [-0.1, -0.05) is 181 Å². The van der Waals surface area contributed by atoms with Gasteiger partial charge in [-0.3, -0.25) is 9.59 Å². The molecule has 0 unspecified atom stereocenters. The van der Waals surface area contributed by atoms with Gasteiger partial charge in [0.1, 0.15) is 0 Å². The summed E-state index contributed by atoms with van der Waals surface area (Å²) in [6.07, 6.45) is 42.0. The number of carbonyl (C=O) groups excluding carboxylic acids is 2. The second-order valence-electron chi connectivity index (χ2n) is 14.0. The van der Waals surface area contributed by atoms with Crippen LogP contribution in [0.5, 0.6) is 0 Å². The molecule has 262 valence electrons. The first-order chi connectivity index (χ1) is 21.6. The number of nitrogens with one attached hydrogen (secondary N) is 2. The van der Waals surface area contributed by atoms with Crippen LogP contribution in [0, 0.1) is 0 Å². The normalized spacial score (nSPS) is 12.0. The van der Waals surface area contributed by atoms with E-state index in [2.05, 4.69) is 31.4 Å². The number of amides is 2. The predicted octanol–water partition coefficient (Wildman–Crippen LogP) is 12.5. The van der Waals surface area contributed by atoms with E-state index >= 15 is 0 Å². The first kappa shape index (κ1) is 42.9. The molecular formula is C40H80N2O2. The van der Waals surface area contributed by atoms with E-state index in [0.717, 1.165) is 38.6 Å². The average Bonchev–Trinajstić information content (AvgIpc) is 3.01. The van der Waals surface area contributed by atoms with Crippen molar-refractivity contribution in [3.8, 4) is 0 Å². The van der Waals surface area contributed by atoms with Crippen LogP contribution in [0.3, 0.4) is 0 Å². The topological polar surface area (TPSA) is 58.2 Å². The van der Waals surface area contributed by atoms with Crippen LogP contribution < -0.4 is 10.6 Å². The Morgan fingerprint density at radius 2 is 0.727 bits per heavy atom. The monoisotopic (exact) mass is 621 g/mol. The third kappa shape index (κ3) is 35.4. The van der Waals surface area contributed by atoms with Gasteiger partial charge in [-0.15, -0.1) is 0 Å². The zero-order valence-electron chi connectivity index (χ0n) is 30.4. The largest absolute Gasteiger partial charge is 0.356 e. The van der Waals surface area contributed by atoms with Crippen molar-refractivity contribution in [2.24, 2.45) is 0 Å². The predicted molar refractivity (Wildman–Crippen MR) is 194 cm³/mol. The number of unbranched alkanes of at least 4 members (excludes halogenated alkanes) is 27. The lowest BCUT2D eigenvalue weighted by atomic mass is 10.0. The van der Waals surface area contributed by atoms with Crippen LogP contribution in [0.4, 0.5) is 0 Å². The Bertz CT molecular complexity index is 594. The summed E-state index contributed by atoms with van der Waals surface area (Å²) in [6.45, 7) is 7.43. The summed E-state index contributed by atoms with van der Waals surface area (Å²) < 4.78 is 0. The molecule has 2 N–H and O–H groups in total. The molecule has 0 aliphatic heterocycles. The molecule has 4 nitrogen and oxygen atoms in total. The number of hydrogen-bond acceptors (Lipinski definition) is 2. The third-order valence-electron chi connectivity index (χ3n) is 9.31. The molecule has 0 aliphatic carbocycles. The van der Waals surface area contributed by atoms with Crippen LogP contribution in [0.1, 0.15) is 233 Å². The van der Waals surface area contributed by atoms with Crippen molar-refractivity contribution in [2.75, 3.05) is 6.54 Å². The van der Waals surface area contributed by atoms with Crippen molar-refractivity contribution in [2.45, 2.75) is 239 Å². The van der Waals surface area contributed by atoms with Crippen molar-refractivity contribution >= 4 is 11.8 Å². The number of carbonyl (C=O) groups is 2. The van der Waals surface area contributed by atoms with E-state index in [1.807, 2.05) is 0 Å². The van der Waals surface area contributed by atoms with E-state index in [-0.39, 0.29) is 17.9 Å². The van der Waals surface area contributed by atoms with Gasteiger partial charge in [0.05, 0.1) is 0 Å². The molecule has 0 aromatic carbocycles. The van der Waals surface area contributed by atoms with E-state index in [9.17, 15) is 9.59 Å². The quantitative estimate of drug-likeness (QED) is 0.0685. The maximum atomic E-state index is 12.2. The second-order valence-corrected chi connectivity index (χ2v) is 14.0. The molecule has 0 spiro atoms. The minimum Gasteiger partial charge on any atom is -0.356 e. The fourth-order valence-corrected chi connectivity index (χ4v) is 6.27. The van der Waals surface area contributed by atoms with Crippen molar-refractivity contribution in [3.63, 3.8) is 0 Å². The first-order valence-corrected chi connectivity index (χ1v) is 20.2.